The van der Waals surface area contributed by atoms with E-state index < -0.39 is 0 Å². The molecule has 1 atom stereocenters. The van der Waals surface area contributed by atoms with Crippen molar-refractivity contribution in [1.82, 2.24) is 14.9 Å². The van der Waals surface area contributed by atoms with Gasteiger partial charge in [-0.2, -0.15) is 0 Å². The SMILES string of the molecule is CC1CCCN(C(=O)c2cc(Nc3ccc(Cl)c(Cl)c3)ncn2)C1. The number of aromatic nitrogens is 2. The zero-order valence-electron chi connectivity index (χ0n) is 13.3. The lowest BCUT2D eigenvalue weighted by atomic mass is 10.00. The number of piperidine rings is 1. The minimum atomic E-state index is -0.0545. The smallest absolute Gasteiger partial charge is 0.272 e. The van der Waals surface area contributed by atoms with Gasteiger partial charge in [-0.15, -0.1) is 0 Å². The second kappa shape index (κ2) is 7.36. The predicted molar refractivity (Wildman–Crippen MR) is 96.1 cm³/mol. The van der Waals surface area contributed by atoms with Crippen LogP contribution in [0.2, 0.25) is 10.0 Å². The number of carbonyl (C=O) groups excluding carboxylic acids is 1. The maximum absolute atomic E-state index is 12.6. The summed E-state index contributed by atoms with van der Waals surface area (Å²) in [5, 5.41) is 4.05. The molecule has 1 unspecified atom stereocenters. The van der Waals surface area contributed by atoms with E-state index >= 15 is 0 Å². The molecule has 0 saturated carbocycles. The second-order valence-corrected chi connectivity index (χ2v) is 6.86. The van der Waals surface area contributed by atoms with E-state index in [-0.39, 0.29) is 5.91 Å². The summed E-state index contributed by atoms with van der Waals surface area (Å²) in [6.07, 6.45) is 3.59. The largest absolute Gasteiger partial charge is 0.340 e. The molecule has 1 aliphatic heterocycles. The van der Waals surface area contributed by atoms with Crippen molar-refractivity contribution >= 4 is 40.6 Å². The molecule has 5 nitrogen and oxygen atoms in total. The maximum atomic E-state index is 12.6. The molecule has 1 N–H and O–H groups in total. The quantitative estimate of drug-likeness (QED) is 0.876. The second-order valence-electron chi connectivity index (χ2n) is 6.04. The van der Waals surface area contributed by atoms with Gasteiger partial charge >= 0.3 is 0 Å². The highest BCUT2D eigenvalue weighted by Crippen LogP contribution is 2.26. The van der Waals surface area contributed by atoms with Gasteiger partial charge in [0.15, 0.2) is 0 Å². The molecule has 1 aliphatic rings. The Morgan fingerprint density at radius 2 is 2.08 bits per heavy atom. The highest BCUT2D eigenvalue weighted by atomic mass is 35.5. The van der Waals surface area contributed by atoms with Crippen molar-refractivity contribution in [1.29, 1.82) is 0 Å². The summed E-state index contributed by atoms with van der Waals surface area (Å²) >= 11 is 11.9. The molecular weight excluding hydrogens is 347 g/mol. The van der Waals surface area contributed by atoms with E-state index in [1.54, 1.807) is 24.3 Å². The van der Waals surface area contributed by atoms with Crippen molar-refractivity contribution in [2.75, 3.05) is 18.4 Å². The van der Waals surface area contributed by atoms with Gasteiger partial charge in [-0.1, -0.05) is 30.1 Å². The van der Waals surface area contributed by atoms with Gasteiger partial charge in [-0.05, 0) is 37.0 Å². The summed E-state index contributed by atoms with van der Waals surface area (Å²) in [4.78, 5) is 22.8. The number of carbonyl (C=O) groups is 1. The van der Waals surface area contributed by atoms with Crippen LogP contribution in [-0.2, 0) is 0 Å². The number of benzene rings is 1. The van der Waals surface area contributed by atoms with E-state index in [4.69, 9.17) is 23.2 Å². The summed E-state index contributed by atoms with van der Waals surface area (Å²) in [5.41, 5.74) is 1.13. The fraction of sp³-hybridized carbons (Fsp3) is 0.353. The molecule has 1 amide bonds. The molecule has 1 fully saturated rings. The molecule has 126 valence electrons. The van der Waals surface area contributed by atoms with Crippen LogP contribution in [0.4, 0.5) is 11.5 Å². The monoisotopic (exact) mass is 364 g/mol. The molecule has 0 bridgehead atoms. The number of hydrogen-bond donors (Lipinski definition) is 1. The number of anilines is 2. The molecule has 2 heterocycles. The zero-order chi connectivity index (χ0) is 17.1. The van der Waals surface area contributed by atoms with E-state index in [9.17, 15) is 4.79 Å². The summed E-state index contributed by atoms with van der Waals surface area (Å²) < 4.78 is 0. The molecule has 1 saturated heterocycles. The van der Waals surface area contributed by atoms with Gasteiger partial charge in [0.25, 0.3) is 5.91 Å². The molecule has 0 aliphatic carbocycles. The van der Waals surface area contributed by atoms with E-state index in [0.29, 0.717) is 27.5 Å². The van der Waals surface area contributed by atoms with Gasteiger partial charge in [-0.25, -0.2) is 9.97 Å². The average Bonchev–Trinajstić information content (AvgIpc) is 2.58. The minimum absolute atomic E-state index is 0.0545. The van der Waals surface area contributed by atoms with Crippen LogP contribution in [0.1, 0.15) is 30.3 Å². The Balaban J connectivity index is 1.76. The highest BCUT2D eigenvalue weighted by molar-refractivity contribution is 6.42. The average molecular weight is 365 g/mol. The fourth-order valence-corrected chi connectivity index (χ4v) is 3.10. The van der Waals surface area contributed by atoms with Crippen LogP contribution >= 0.6 is 23.2 Å². The van der Waals surface area contributed by atoms with E-state index in [0.717, 1.165) is 31.6 Å². The topological polar surface area (TPSA) is 58.1 Å². The van der Waals surface area contributed by atoms with Crippen molar-refractivity contribution < 1.29 is 4.79 Å². The maximum Gasteiger partial charge on any atom is 0.272 e. The van der Waals surface area contributed by atoms with Crippen molar-refractivity contribution in [3.8, 4) is 0 Å². The van der Waals surface area contributed by atoms with Gasteiger partial charge in [-0.3, -0.25) is 4.79 Å². The molecule has 3 rings (SSSR count). The Kier molecular flexibility index (Phi) is 5.21. The van der Waals surface area contributed by atoms with Crippen LogP contribution in [0.3, 0.4) is 0 Å². The van der Waals surface area contributed by atoms with E-state index in [1.165, 1.54) is 6.33 Å². The van der Waals surface area contributed by atoms with Gasteiger partial charge in [0.2, 0.25) is 0 Å². The standard InChI is InChI=1S/C17H18Cl2N4O/c1-11-3-2-6-23(9-11)17(24)15-8-16(21-10-20-15)22-12-4-5-13(18)14(19)7-12/h4-5,7-8,10-11H,2-3,6,9H2,1H3,(H,20,21,22). The lowest BCUT2D eigenvalue weighted by Crippen LogP contribution is -2.39. The molecular formula is C17H18Cl2N4O. The molecule has 2 aromatic rings. The third-order valence-corrected chi connectivity index (χ3v) is 4.76. The van der Waals surface area contributed by atoms with Crippen molar-refractivity contribution in [3.63, 3.8) is 0 Å². The van der Waals surface area contributed by atoms with Crippen LogP contribution in [0.15, 0.2) is 30.6 Å². The number of rotatable bonds is 3. The van der Waals surface area contributed by atoms with Gasteiger partial charge < -0.3 is 10.2 Å². The van der Waals surface area contributed by atoms with Crippen molar-refractivity contribution in [2.24, 2.45) is 5.92 Å². The Bertz CT molecular complexity index is 753. The number of likely N-dealkylation sites (tertiary alicyclic amines) is 1. The van der Waals surface area contributed by atoms with Crippen LogP contribution < -0.4 is 5.32 Å². The third-order valence-electron chi connectivity index (χ3n) is 4.02. The molecule has 0 radical (unpaired) electrons. The predicted octanol–water partition coefficient (Wildman–Crippen LogP) is 4.40. The molecule has 1 aromatic heterocycles. The van der Waals surface area contributed by atoms with Crippen molar-refractivity contribution in [2.45, 2.75) is 19.8 Å². The number of halogens is 2. The van der Waals surface area contributed by atoms with Crippen LogP contribution in [0, 0.1) is 5.92 Å². The van der Waals surface area contributed by atoms with E-state index in [1.807, 2.05) is 4.90 Å². The molecule has 7 heteroatoms. The highest BCUT2D eigenvalue weighted by Gasteiger charge is 2.23. The molecule has 24 heavy (non-hydrogen) atoms. The number of hydrogen-bond acceptors (Lipinski definition) is 4. The summed E-state index contributed by atoms with van der Waals surface area (Å²) in [7, 11) is 0. The number of nitrogens with one attached hydrogen (secondary N) is 1. The minimum Gasteiger partial charge on any atom is -0.340 e. The number of nitrogens with zero attached hydrogens (tertiary/aromatic N) is 3. The summed E-state index contributed by atoms with van der Waals surface area (Å²) in [6, 6.07) is 6.86. The summed E-state index contributed by atoms with van der Waals surface area (Å²) in [6.45, 7) is 3.72. The van der Waals surface area contributed by atoms with E-state index in [2.05, 4.69) is 22.2 Å². The molecule has 0 spiro atoms. The summed E-state index contributed by atoms with van der Waals surface area (Å²) in [5.74, 6) is 1.01. The Hall–Kier alpha value is -1.85. The first-order valence-corrected chi connectivity index (χ1v) is 8.62. The van der Waals surface area contributed by atoms with Crippen LogP contribution in [0.25, 0.3) is 0 Å². The zero-order valence-corrected chi connectivity index (χ0v) is 14.8. The first-order chi connectivity index (χ1) is 11.5. The van der Waals surface area contributed by atoms with Crippen LogP contribution in [0.5, 0.6) is 0 Å². The number of amides is 1. The fourth-order valence-electron chi connectivity index (χ4n) is 2.80. The normalized spacial score (nSPS) is 17.6. The third kappa shape index (κ3) is 3.97. The Morgan fingerprint density at radius 3 is 2.83 bits per heavy atom. The van der Waals surface area contributed by atoms with Gasteiger partial charge in [0.1, 0.15) is 17.8 Å². The van der Waals surface area contributed by atoms with Crippen LogP contribution in [-0.4, -0.2) is 33.9 Å². The first kappa shape index (κ1) is 17.0. The Morgan fingerprint density at radius 1 is 1.25 bits per heavy atom. The lowest BCUT2D eigenvalue weighted by molar-refractivity contribution is 0.0677. The lowest BCUT2D eigenvalue weighted by Gasteiger charge is -2.30. The van der Waals surface area contributed by atoms with Crippen molar-refractivity contribution in [3.05, 3.63) is 46.3 Å². The molecule has 1 aromatic carbocycles. The Labute approximate surface area is 151 Å². The van der Waals surface area contributed by atoms with Gasteiger partial charge in [0, 0.05) is 24.8 Å². The first-order valence-electron chi connectivity index (χ1n) is 7.86. The van der Waals surface area contributed by atoms with Gasteiger partial charge in [0.05, 0.1) is 10.0 Å².